The number of hydrogen-bond donors (Lipinski definition) is 1. The molecular formula is C17H19BrO6S. The van der Waals surface area contributed by atoms with Gasteiger partial charge in [0.2, 0.25) is 0 Å². The Labute approximate surface area is 155 Å². The highest BCUT2D eigenvalue weighted by Crippen LogP contribution is 2.33. The van der Waals surface area contributed by atoms with E-state index in [0.29, 0.717) is 21.5 Å². The number of rotatable bonds is 8. The van der Waals surface area contributed by atoms with E-state index in [-0.39, 0.29) is 24.7 Å². The maximum Gasteiger partial charge on any atom is 0.297 e. The Hall–Kier alpha value is -1.61. The average molecular weight is 431 g/mol. The van der Waals surface area contributed by atoms with Crippen molar-refractivity contribution in [3.05, 3.63) is 52.0 Å². The summed E-state index contributed by atoms with van der Waals surface area (Å²) >= 11 is 3.33. The Morgan fingerprint density at radius 2 is 1.76 bits per heavy atom. The Kier molecular flexibility index (Phi) is 6.83. The van der Waals surface area contributed by atoms with Gasteiger partial charge in [0.05, 0.1) is 23.1 Å². The molecule has 8 heteroatoms. The summed E-state index contributed by atoms with van der Waals surface area (Å²) in [6, 6.07) is 9.69. The zero-order chi connectivity index (χ0) is 18.4. The molecule has 2 aromatic carbocycles. The van der Waals surface area contributed by atoms with Gasteiger partial charge in [-0.25, -0.2) is 0 Å². The summed E-state index contributed by atoms with van der Waals surface area (Å²) in [5, 5.41) is 9.39. The van der Waals surface area contributed by atoms with Gasteiger partial charge >= 0.3 is 0 Å². The molecule has 0 bridgehead atoms. The molecule has 136 valence electrons. The van der Waals surface area contributed by atoms with Gasteiger partial charge in [0.25, 0.3) is 10.1 Å². The highest BCUT2D eigenvalue weighted by Gasteiger charge is 2.15. The largest absolute Gasteiger partial charge is 0.495 e. The van der Waals surface area contributed by atoms with E-state index in [2.05, 4.69) is 15.9 Å². The van der Waals surface area contributed by atoms with E-state index in [4.69, 9.17) is 13.7 Å². The van der Waals surface area contributed by atoms with Crippen molar-refractivity contribution in [1.29, 1.82) is 0 Å². The summed E-state index contributed by atoms with van der Waals surface area (Å²) in [7, 11) is -2.31. The Bertz CT molecular complexity index is 818. The van der Waals surface area contributed by atoms with Crippen LogP contribution in [-0.2, 0) is 20.9 Å². The predicted octanol–water partition coefficient (Wildman–Crippen LogP) is 3.04. The van der Waals surface area contributed by atoms with Crippen molar-refractivity contribution >= 4 is 26.0 Å². The average Bonchev–Trinajstić information content (AvgIpc) is 2.59. The maximum absolute atomic E-state index is 12.1. The van der Waals surface area contributed by atoms with Crippen LogP contribution in [0.3, 0.4) is 0 Å². The lowest BCUT2D eigenvalue weighted by molar-refractivity contribution is 0.212. The third kappa shape index (κ3) is 5.18. The van der Waals surface area contributed by atoms with Gasteiger partial charge in [-0.15, -0.1) is 0 Å². The molecule has 0 spiro atoms. The van der Waals surface area contributed by atoms with Crippen LogP contribution in [0.5, 0.6) is 11.5 Å². The summed E-state index contributed by atoms with van der Waals surface area (Å²) in [6.07, 6.45) is 0. The zero-order valence-electron chi connectivity index (χ0n) is 13.9. The number of benzene rings is 2. The second-order valence-corrected chi connectivity index (χ2v) is 7.66. The lowest BCUT2D eigenvalue weighted by Crippen LogP contribution is -2.13. The van der Waals surface area contributed by atoms with Crippen LogP contribution in [0.4, 0.5) is 0 Å². The summed E-state index contributed by atoms with van der Waals surface area (Å²) in [5.41, 5.74) is 1.51. The minimum absolute atomic E-state index is 0.00286. The fourth-order valence-electron chi connectivity index (χ4n) is 2.06. The van der Waals surface area contributed by atoms with Gasteiger partial charge in [-0.05, 0) is 41.1 Å². The maximum atomic E-state index is 12.1. The number of aryl methyl sites for hydroxylation is 1. The molecule has 0 aliphatic rings. The Morgan fingerprint density at radius 3 is 2.36 bits per heavy atom. The van der Waals surface area contributed by atoms with Crippen molar-refractivity contribution < 1.29 is 27.2 Å². The predicted molar refractivity (Wildman–Crippen MR) is 96.4 cm³/mol. The Balaban J connectivity index is 1.98. The number of halogens is 1. The second kappa shape index (κ2) is 8.66. The molecule has 0 aliphatic heterocycles. The summed E-state index contributed by atoms with van der Waals surface area (Å²) < 4.78 is 40.5. The van der Waals surface area contributed by atoms with Crippen LogP contribution in [0.15, 0.2) is 45.8 Å². The fraction of sp³-hybridized carbons (Fsp3) is 0.294. The summed E-state index contributed by atoms with van der Waals surface area (Å²) in [4.78, 5) is 0.0967. The summed E-state index contributed by atoms with van der Waals surface area (Å²) in [5.74, 6) is 0.944. The molecule has 0 atom stereocenters. The van der Waals surface area contributed by atoms with E-state index in [1.54, 1.807) is 24.3 Å². The molecule has 2 aromatic rings. The molecule has 1 N–H and O–H groups in total. The lowest BCUT2D eigenvalue weighted by atomic mass is 10.2. The SMILES string of the molecule is COc1cc(OCCOS(=O)(=O)c2ccc(C)cc2)c(CO)cc1Br. The first-order valence-electron chi connectivity index (χ1n) is 7.43. The van der Waals surface area contributed by atoms with Gasteiger partial charge in [0.1, 0.15) is 24.7 Å². The van der Waals surface area contributed by atoms with E-state index >= 15 is 0 Å². The monoisotopic (exact) mass is 430 g/mol. The van der Waals surface area contributed by atoms with Gasteiger partial charge in [-0.1, -0.05) is 17.7 Å². The molecule has 0 aromatic heterocycles. The van der Waals surface area contributed by atoms with Gasteiger partial charge in [0.15, 0.2) is 0 Å². The smallest absolute Gasteiger partial charge is 0.297 e. The molecule has 0 saturated heterocycles. The Morgan fingerprint density at radius 1 is 1.08 bits per heavy atom. The molecular weight excluding hydrogens is 412 g/mol. The van der Waals surface area contributed by atoms with Gasteiger partial charge in [0, 0.05) is 11.6 Å². The van der Waals surface area contributed by atoms with Gasteiger partial charge in [-0.2, -0.15) is 8.42 Å². The van der Waals surface area contributed by atoms with Crippen molar-refractivity contribution in [2.24, 2.45) is 0 Å². The van der Waals surface area contributed by atoms with Crippen LogP contribution < -0.4 is 9.47 Å². The van der Waals surface area contributed by atoms with Crippen molar-refractivity contribution in [3.63, 3.8) is 0 Å². The van der Waals surface area contributed by atoms with Gasteiger partial charge in [-0.3, -0.25) is 4.18 Å². The van der Waals surface area contributed by atoms with Crippen LogP contribution in [0, 0.1) is 6.92 Å². The number of aliphatic hydroxyl groups is 1. The van der Waals surface area contributed by atoms with E-state index in [9.17, 15) is 13.5 Å². The van der Waals surface area contributed by atoms with E-state index in [0.717, 1.165) is 5.56 Å². The number of aliphatic hydroxyl groups excluding tert-OH is 1. The second-order valence-electron chi connectivity index (χ2n) is 5.19. The third-order valence-electron chi connectivity index (χ3n) is 3.39. The quantitative estimate of drug-likeness (QED) is 0.511. The molecule has 0 unspecified atom stereocenters. The first kappa shape index (κ1) is 19.7. The van der Waals surface area contributed by atoms with Crippen LogP contribution >= 0.6 is 15.9 Å². The summed E-state index contributed by atoms with van der Waals surface area (Å²) in [6.45, 7) is 1.50. The van der Waals surface area contributed by atoms with Crippen LogP contribution in [-0.4, -0.2) is 33.8 Å². The van der Waals surface area contributed by atoms with Gasteiger partial charge < -0.3 is 14.6 Å². The molecule has 0 radical (unpaired) electrons. The lowest BCUT2D eigenvalue weighted by Gasteiger charge is -2.13. The number of ether oxygens (including phenoxy) is 2. The highest BCUT2D eigenvalue weighted by molar-refractivity contribution is 9.10. The normalized spacial score (nSPS) is 11.4. The first-order valence-corrected chi connectivity index (χ1v) is 9.63. The number of hydrogen-bond acceptors (Lipinski definition) is 6. The van der Waals surface area contributed by atoms with Crippen LogP contribution in [0.1, 0.15) is 11.1 Å². The molecule has 0 aliphatic carbocycles. The molecule has 0 fully saturated rings. The van der Waals surface area contributed by atoms with E-state index in [1.165, 1.54) is 19.2 Å². The molecule has 2 rings (SSSR count). The molecule has 0 amide bonds. The minimum Gasteiger partial charge on any atom is -0.495 e. The number of methoxy groups -OCH3 is 1. The van der Waals surface area contributed by atoms with Crippen LogP contribution in [0.2, 0.25) is 0 Å². The standard InChI is InChI=1S/C17H19BrO6S/c1-12-3-5-14(6-4-12)25(20,21)24-8-7-23-16-10-17(22-2)15(18)9-13(16)11-19/h3-6,9-10,19H,7-8,11H2,1-2H3. The highest BCUT2D eigenvalue weighted by atomic mass is 79.9. The fourth-order valence-corrected chi connectivity index (χ4v) is 3.50. The van der Waals surface area contributed by atoms with Crippen LogP contribution in [0.25, 0.3) is 0 Å². The molecule has 0 saturated carbocycles. The minimum atomic E-state index is -3.83. The third-order valence-corrected chi connectivity index (χ3v) is 5.34. The zero-order valence-corrected chi connectivity index (χ0v) is 16.3. The topological polar surface area (TPSA) is 82.1 Å². The van der Waals surface area contributed by atoms with E-state index < -0.39 is 10.1 Å². The first-order chi connectivity index (χ1) is 11.9. The molecule has 0 heterocycles. The molecule has 25 heavy (non-hydrogen) atoms. The van der Waals surface area contributed by atoms with Crippen molar-refractivity contribution in [1.82, 2.24) is 0 Å². The van der Waals surface area contributed by atoms with E-state index in [1.807, 2.05) is 6.92 Å². The van der Waals surface area contributed by atoms with Crippen molar-refractivity contribution in [2.75, 3.05) is 20.3 Å². The van der Waals surface area contributed by atoms with Crippen molar-refractivity contribution in [2.45, 2.75) is 18.4 Å². The van der Waals surface area contributed by atoms with Crippen molar-refractivity contribution in [3.8, 4) is 11.5 Å². The molecule has 6 nitrogen and oxygen atoms in total.